The Morgan fingerprint density at radius 1 is 1.03 bits per heavy atom. The van der Waals surface area contributed by atoms with Gasteiger partial charge in [0, 0.05) is 11.8 Å². The standard InChI is InChI=1S/C23H41N3O6Si2/c1-13(2)33(14(3)4)29-12-18-20(31-34(32-33,15(5)6)16(7)8)19(24-10)22(30-18)26-11-17(9)21(27)25-23(26)28/h11,13-16,18-20,22H,10,12H2,1-9H3,(H,25,27,28)/t18-,19+,20-,22-/m1/s1. The summed E-state index contributed by atoms with van der Waals surface area (Å²) in [7, 11) is -5.57. The molecule has 0 radical (unpaired) electrons. The molecule has 0 bridgehead atoms. The third-order valence-corrected chi connectivity index (χ3v) is 17.5. The fraction of sp³-hybridized carbons (Fsp3) is 0.783. The fourth-order valence-corrected chi connectivity index (χ4v) is 16.5. The summed E-state index contributed by atoms with van der Waals surface area (Å²) >= 11 is 0. The topological polar surface area (TPSA) is 104 Å². The van der Waals surface area contributed by atoms with Crippen molar-refractivity contribution in [3.8, 4) is 0 Å². The van der Waals surface area contributed by atoms with E-state index in [9.17, 15) is 9.59 Å². The number of fused-ring (bicyclic) bond motifs is 1. The van der Waals surface area contributed by atoms with E-state index in [0.717, 1.165) is 0 Å². The number of hydrogen-bond acceptors (Lipinski definition) is 7. The lowest BCUT2D eigenvalue weighted by Crippen LogP contribution is -2.65. The van der Waals surface area contributed by atoms with Crippen LogP contribution in [0, 0.1) is 6.92 Å². The van der Waals surface area contributed by atoms with E-state index >= 15 is 0 Å². The molecule has 0 spiro atoms. The molecule has 0 aliphatic carbocycles. The molecular formula is C23H41N3O6Si2. The fourth-order valence-electron chi connectivity index (χ4n) is 5.34. The molecule has 2 saturated heterocycles. The third kappa shape index (κ3) is 4.46. The van der Waals surface area contributed by atoms with Crippen LogP contribution < -0.4 is 11.2 Å². The number of aromatic amines is 1. The zero-order valence-corrected chi connectivity index (χ0v) is 24.0. The molecule has 1 N–H and O–H groups in total. The van der Waals surface area contributed by atoms with E-state index in [1.165, 1.54) is 10.8 Å². The highest BCUT2D eigenvalue weighted by atomic mass is 28.5. The molecule has 0 amide bonds. The lowest BCUT2D eigenvalue weighted by molar-refractivity contribution is -0.0568. The molecule has 3 rings (SSSR count). The Morgan fingerprint density at radius 2 is 1.59 bits per heavy atom. The normalized spacial score (nSPS) is 28.9. The quantitative estimate of drug-likeness (QED) is 0.461. The van der Waals surface area contributed by atoms with Crippen molar-refractivity contribution in [2.75, 3.05) is 6.61 Å². The van der Waals surface area contributed by atoms with E-state index in [1.54, 1.807) is 6.92 Å². The van der Waals surface area contributed by atoms with Gasteiger partial charge in [-0.25, -0.2) is 4.79 Å². The van der Waals surface area contributed by atoms with Gasteiger partial charge in [-0.1, -0.05) is 55.4 Å². The Hall–Kier alpha value is -1.38. The molecule has 1 aromatic rings. The molecule has 2 fully saturated rings. The maximum absolute atomic E-state index is 12.7. The SMILES string of the molecule is C=N[C@H]1[C@@H]2O[Si](C(C)C)(C(C)C)O[Si](C(C)C)(C(C)C)OC[C@H]2O[C@H]1n1cc(C)c(=O)[nH]c1=O. The van der Waals surface area contributed by atoms with Crippen molar-refractivity contribution in [3.05, 3.63) is 32.6 Å². The maximum Gasteiger partial charge on any atom is 0.335 e. The van der Waals surface area contributed by atoms with E-state index in [-0.39, 0.29) is 28.8 Å². The summed E-state index contributed by atoms with van der Waals surface area (Å²) in [6.07, 6.45) is -0.184. The Balaban J connectivity index is 2.14. The van der Waals surface area contributed by atoms with E-state index in [2.05, 4.69) is 72.1 Å². The second kappa shape index (κ2) is 9.94. The molecule has 0 aromatic carbocycles. The van der Waals surface area contributed by atoms with Crippen LogP contribution in [-0.2, 0) is 17.7 Å². The lowest BCUT2D eigenvalue weighted by atomic mass is 10.1. The second-order valence-corrected chi connectivity index (χ2v) is 19.6. The number of nitrogens with zero attached hydrogens (tertiary/aromatic N) is 2. The molecular weight excluding hydrogens is 470 g/mol. The molecule has 2 aliphatic heterocycles. The largest absolute Gasteiger partial charge is 0.414 e. The molecule has 0 unspecified atom stereocenters. The van der Waals surface area contributed by atoms with Gasteiger partial charge in [-0.15, -0.1) is 0 Å². The van der Waals surface area contributed by atoms with Gasteiger partial charge in [-0.2, -0.15) is 0 Å². The summed E-state index contributed by atoms with van der Waals surface area (Å²) in [4.78, 5) is 31.3. The number of ether oxygens (including phenoxy) is 1. The summed E-state index contributed by atoms with van der Waals surface area (Å²) in [5.74, 6) is 0. The monoisotopic (exact) mass is 511 g/mol. The average Bonchev–Trinajstić information content (AvgIpc) is 3.06. The van der Waals surface area contributed by atoms with Gasteiger partial charge in [0.05, 0.1) is 6.61 Å². The van der Waals surface area contributed by atoms with Crippen molar-refractivity contribution >= 4 is 23.8 Å². The van der Waals surface area contributed by atoms with E-state index in [1.807, 2.05) is 0 Å². The van der Waals surface area contributed by atoms with Crippen molar-refractivity contribution in [3.63, 3.8) is 0 Å². The Labute approximate surface area is 204 Å². The minimum Gasteiger partial charge on any atom is -0.414 e. The van der Waals surface area contributed by atoms with Crippen LogP contribution in [0.5, 0.6) is 0 Å². The summed E-state index contributed by atoms with van der Waals surface area (Å²) < 4.78 is 28.8. The Bertz CT molecular complexity index is 989. The summed E-state index contributed by atoms with van der Waals surface area (Å²) in [6.45, 7) is 23.0. The Kier molecular flexibility index (Phi) is 7.96. The van der Waals surface area contributed by atoms with Gasteiger partial charge < -0.3 is 17.7 Å². The van der Waals surface area contributed by atoms with Crippen LogP contribution in [0.2, 0.25) is 22.2 Å². The van der Waals surface area contributed by atoms with Crippen LogP contribution in [-0.4, -0.2) is 58.2 Å². The van der Waals surface area contributed by atoms with Gasteiger partial charge in [0.15, 0.2) is 6.23 Å². The minimum atomic E-state index is -2.87. The minimum absolute atomic E-state index is 0.154. The van der Waals surface area contributed by atoms with Crippen molar-refractivity contribution in [2.24, 2.45) is 4.99 Å². The number of aryl methyl sites for hydroxylation is 1. The first-order chi connectivity index (χ1) is 15.8. The van der Waals surface area contributed by atoms with Crippen molar-refractivity contribution in [1.29, 1.82) is 0 Å². The highest BCUT2D eigenvalue weighted by Crippen LogP contribution is 2.48. The number of rotatable bonds is 6. The van der Waals surface area contributed by atoms with Crippen LogP contribution in [0.25, 0.3) is 0 Å². The molecule has 9 nitrogen and oxygen atoms in total. The van der Waals surface area contributed by atoms with E-state index in [0.29, 0.717) is 5.56 Å². The van der Waals surface area contributed by atoms with Gasteiger partial charge in [0.25, 0.3) is 5.56 Å². The predicted octanol–water partition coefficient (Wildman–Crippen LogP) is 3.77. The van der Waals surface area contributed by atoms with E-state index < -0.39 is 52.8 Å². The first kappa shape index (κ1) is 27.2. The molecule has 192 valence electrons. The molecule has 3 heterocycles. The highest BCUT2D eigenvalue weighted by molar-refractivity contribution is 6.83. The lowest BCUT2D eigenvalue weighted by Gasteiger charge is -2.51. The van der Waals surface area contributed by atoms with Gasteiger partial charge in [-0.3, -0.25) is 19.3 Å². The maximum atomic E-state index is 12.7. The Morgan fingerprint density at radius 3 is 2.09 bits per heavy atom. The molecule has 0 saturated carbocycles. The number of hydrogen-bond donors (Lipinski definition) is 1. The number of aromatic nitrogens is 2. The number of nitrogens with one attached hydrogen (secondary N) is 1. The molecule has 2 aliphatic rings. The number of aliphatic imine (C=N–C) groups is 1. The van der Waals surface area contributed by atoms with E-state index in [4.69, 9.17) is 17.7 Å². The van der Waals surface area contributed by atoms with Crippen molar-refractivity contribution in [2.45, 2.75) is 109 Å². The van der Waals surface area contributed by atoms with Gasteiger partial charge in [0.2, 0.25) is 0 Å². The first-order valence-electron chi connectivity index (χ1n) is 12.3. The highest BCUT2D eigenvalue weighted by Gasteiger charge is 2.61. The van der Waals surface area contributed by atoms with Crippen LogP contribution in [0.3, 0.4) is 0 Å². The van der Waals surface area contributed by atoms with Crippen LogP contribution in [0.1, 0.15) is 67.2 Å². The molecule has 1 aromatic heterocycles. The third-order valence-electron chi connectivity index (χ3n) is 7.27. The van der Waals surface area contributed by atoms with Crippen molar-refractivity contribution in [1.82, 2.24) is 9.55 Å². The van der Waals surface area contributed by atoms with Crippen LogP contribution >= 0.6 is 0 Å². The second-order valence-electron chi connectivity index (χ2n) is 10.8. The molecule has 11 heteroatoms. The van der Waals surface area contributed by atoms with Gasteiger partial charge >= 0.3 is 22.8 Å². The van der Waals surface area contributed by atoms with Gasteiger partial charge in [-0.05, 0) is 35.8 Å². The first-order valence-corrected chi connectivity index (χ1v) is 16.2. The van der Waals surface area contributed by atoms with Crippen molar-refractivity contribution < 1.29 is 17.7 Å². The summed E-state index contributed by atoms with van der Waals surface area (Å²) in [5.41, 5.74) is 0.180. The van der Waals surface area contributed by atoms with Gasteiger partial charge in [0.1, 0.15) is 18.2 Å². The van der Waals surface area contributed by atoms with Crippen LogP contribution in [0.4, 0.5) is 0 Å². The zero-order valence-electron chi connectivity index (χ0n) is 22.0. The predicted molar refractivity (Wildman–Crippen MR) is 137 cm³/mol. The molecule has 34 heavy (non-hydrogen) atoms. The summed E-state index contributed by atoms with van der Waals surface area (Å²) in [6, 6.07) is -0.558. The zero-order chi connectivity index (χ0) is 25.6. The summed E-state index contributed by atoms with van der Waals surface area (Å²) in [5, 5.41) is 0. The molecule has 4 atom stereocenters. The smallest absolute Gasteiger partial charge is 0.335 e. The van der Waals surface area contributed by atoms with Crippen LogP contribution in [0.15, 0.2) is 20.8 Å². The average molecular weight is 512 g/mol. The number of H-pyrrole nitrogens is 1.